The lowest BCUT2D eigenvalue weighted by Crippen LogP contribution is -2.29. The Morgan fingerprint density at radius 2 is 1.77 bits per heavy atom. The number of hydrogen-bond acceptors (Lipinski definition) is 5. The van der Waals surface area contributed by atoms with E-state index in [0.29, 0.717) is 0 Å². The molecule has 0 aromatic heterocycles. The molecule has 0 spiro atoms. The minimum absolute atomic E-state index is 0.0194. The van der Waals surface area contributed by atoms with Gasteiger partial charge in [-0.1, -0.05) is 12.1 Å². The van der Waals surface area contributed by atoms with E-state index >= 15 is 0 Å². The third-order valence-corrected chi connectivity index (χ3v) is 7.64. The van der Waals surface area contributed by atoms with E-state index in [4.69, 9.17) is 10.7 Å². The molecule has 1 saturated heterocycles. The Labute approximate surface area is 134 Å². The van der Waals surface area contributed by atoms with Crippen LogP contribution in [0.5, 0.6) is 0 Å². The molecule has 1 heterocycles. The predicted octanol–water partition coefficient (Wildman–Crippen LogP) is 1.54. The van der Waals surface area contributed by atoms with Gasteiger partial charge >= 0.3 is 0 Å². The number of hydrogen-bond donors (Lipinski definition) is 0. The van der Waals surface area contributed by atoms with Gasteiger partial charge in [0.2, 0.25) is 15.0 Å². The van der Waals surface area contributed by atoms with Crippen LogP contribution in [-0.4, -0.2) is 39.8 Å². The van der Waals surface area contributed by atoms with Gasteiger partial charge in [0.1, 0.15) is 5.25 Å². The lowest BCUT2D eigenvalue weighted by atomic mass is 10.3. The highest BCUT2D eigenvalue weighted by atomic mass is 35.7. The normalized spacial score (nSPS) is 19.9. The number of carbonyl (C=O) groups is 1. The van der Waals surface area contributed by atoms with Crippen molar-refractivity contribution in [1.29, 1.82) is 0 Å². The van der Waals surface area contributed by atoms with Crippen molar-refractivity contribution >= 4 is 41.2 Å². The summed E-state index contributed by atoms with van der Waals surface area (Å²) in [7, 11) is -2.17. The van der Waals surface area contributed by atoms with Crippen molar-refractivity contribution in [2.45, 2.75) is 35.7 Å². The predicted molar refractivity (Wildman–Crippen MR) is 84.3 cm³/mol. The van der Waals surface area contributed by atoms with Crippen LogP contribution in [0.2, 0.25) is 0 Å². The summed E-state index contributed by atoms with van der Waals surface area (Å²) in [5.74, 6) is -0.458. The molecule has 0 aliphatic carbocycles. The van der Waals surface area contributed by atoms with Crippen LogP contribution in [0.25, 0.3) is 0 Å². The molecule has 1 atom stereocenters. The molecule has 22 heavy (non-hydrogen) atoms. The first-order valence-electron chi connectivity index (χ1n) is 6.62. The smallest absolute Gasteiger partial charge is 0.237 e. The van der Waals surface area contributed by atoms with Crippen LogP contribution in [0, 0.1) is 0 Å². The van der Waals surface area contributed by atoms with Gasteiger partial charge in [0, 0.05) is 23.6 Å². The lowest BCUT2D eigenvalue weighted by molar-refractivity contribution is -0.117. The van der Waals surface area contributed by atoms with E-state index in [1.807, 2.05) is 0 Å². The molecule has 1 aliphatic rings. The Morgan fingerprint density at radius 3 is 2.27 bits per heavy atom. The highest BCUT2D eigenvalue weighted by molar-refractivity contribution is 8.14. The Bertz CT molecular complexity index is 801. The maximum absolute atomic E-state index is 12.4. The van der Waals surface area contributed by atoms with E-state index in [-0.39, 0.29) is 23.5 Å². The molecule has 0 radical (unpaired) electrons. The second kappa shape index (κ2) is 5.82. The zero-order valence-electron chi connectivity index (χ0n) is 12.1. The number of sulfone groups is 1. The minimum Gasteiger partial charge on any atom is -0.310 e. The largest absolute Gasteiger partial charge is 0.310 e. The maximum atomic E-state index is 12.4. The SMILES string of the molecule is CC(C)S(=O)(=O)c1ccccc1N1CC(S(=O)(=O)Cl)CC1=O. The molecule has 1 aromatic carbocycles. The lowest BCUT2D eigenvalue weighted by Gasteiger charge is -2.21. The van der Waals surface area contributed by atoms with Gasteiger partial charge in [-0.15, -0.1) is 0 Å². The summed E-state index contributed by atoms with van der Waals surface area (Å²) in [6, 6.07) is 6.08. The number of amides is 1. The molecule has 122 valence electrons. The molecule has 0 saturated carbocycles. The molecule has 1 unspecified atom stereocenters. The van der Waals surface area contributed by atoms with E-state index in [0.717, 1.165) is 0 Å². The molecular weight excluding hydrogens is 350 g/mol. The minimum atomic E-state index is -3.88. The van der Waals surface area contributed by atoms with Crippen LogP contribution in [0.4, 0.5) is 5.69 Å². The summed E-state index contributed by atoms with van der Waals surface area (Å²) in [4.78, 5) is 13.3. The number of benzene rings is 1. The van der Waals surface area contributed by atoms with Gasteiger partial charge in [-0.25, -0.2) is 16.8 Å². The Balaban J connectivity index is 2.50. The summed E-state index contributed by atoms with van der Waals surface area (Å²) in [5, 5.41) is -1.68. The van der Waals surface area contributed by atoms with Crippen molar-refractivity contribution in [3.63, 3.8) is 0 Å². The fourth-order valence-corrected chi connectivity index (χ4v) is 4.54. The standard InChI is InChI=1S/C13H16ClNO5S2/c1-9(2)21(17,18)12-6-4-3-5-11(12)15-8-10(7-13(15)16)22(14,19)20/h3-6,9-10H,7-8H2,1-2H3. The first-order valence-corrected chi connectivity index (χ1v) is 10.5. The van der Waals surface area contributed by atoms with Gasteiger partial charge in [-0.3, -0.25) is 4.79 Å². The molecule has 9 heteroatoms. The number of para-hydroxylation sites is 1. The number of halogens is 1. The molecule has 1 aliphatic heterocycles. The third kappa shape index (κ3) is 3.13. The van der Waals surface area contributed by atoms with Crippen molar-refractivity contribution < 1.29 is 21.6 Å². The second-order valence-corrected chi connectivity index (χ2v) is 10.7. The van der Waals surface area contributed by atoms with Crippen molar-refractivity contribution in [2.75, 3.05) is 11.4 Å². The van der Waals surface area contributed by atoms with Gasteiger partial charge in [0.25, 0.3) is 0 Å². The van der Waals surface area contributed by atoms with Gasteiger partial charge in [-0.05, 0) is 26.0 Å². The summed E-state index contributed by atoms with van der Waals surface area (Å²) >= 11 is 0. The zero-order valence-corrected chi connectivity index (χ0v) is 14.5. The van der Waals surface area contributed by atoms with E-state index in [9.17, 15) is 21.6 Å². The fourth-order valence-electron chi connectivity index (χ4n) is 2.27. The third-order valence-electron chi connectivity index (χ3n) is 3.57. The van der Waals surface area contributed by atoms with Gasteiger partial charge in [0.15, 0.2) is 9.84 Å². The molecular formula is C13H16ClNO5S2. The topological polar surface area (TPSA) is 88.6 Å². The Kier molecular flexibility index (Phi) is 4.56. The van der Waals surface area contributed by atoms with Gasteiger partial charge < -0.3 is 4.90 Å². The van der Waals surface area contributed by atoms with Crippen LogP contribution in [0.1, 0.15) is 20.3 Å². The molecule has 1 aromatic rings. The summed E-state index contributed by atoms with van der Waals surface area (Å²) in [5.41, 5.74) is 0.198. The highest BCUT2D eigenvalue weighted by Gasteiger charge is 2.39. The van der Waals surface area contributed by atoms with E-state index in [1.165, 1.54) is 17.0 Å². The van der Waals surface area contributed by atoms with Crippen LogP contribution in [0.15, 0.2) is 29.2 Å². The van der Waals surface area contributed by atoms with Crippen molar-refractivity contribution in [2.24, 2.45) is 0 Å². The number of rotatable bonds is 4. The Morgan fingerprint density at radius 1 is 1.18 bits per heavy atom. The first kappa shape index (κ1) is 17.2. The Hall–Kier alpha value is -1.12. The van der Waals surface area contributed by atoms with E-state index in [2.05, 4.69) is 0 Å². The molecule has 1 amide bonds. The summed E-state index contributed by atoms with van der Waals surface area (Å²) in [6.45, 7) is 2.95. The van der Waals surface area contributed by atoms with Crippen molar-refractivity contribution in [1.82, 2.24) is 0 Å². The van der Waals surface area contributed by atoms with Crippen LogP contribution >= 0.6 is 10.7 Å². The van der Waals surface area contributed by atoms with Gasteiger partial charge in [0.05, 0.1) is 15.8 Å². The monoisotopic (exact) mass is 365 g/mol. The second-order valence-electron chi connectivity index (χ2n) is 5.37. The zero-order chi connectivity index (χ0) is 16.7. The number of anilines is 1. The quantitative estimate of drug-likeness (QED) is 0.755. The van der Waals surface area contributed by atoms with Gasteiger partial charge in [-0.2, -0.15) is 0 Å². The number of carbonyl (C=O) groups excluding carboxylic acids is 1. The average molecular weight is 366 g/mol. The molecule has 0 N–H and O–H groups in total. The molecule has 2 rings (SSSR count). The molecule has 1 fully saturated rings. The van der Waals surface area contributed by atoms with E-state index in [1.54, 1.807) is 26.0 Å². The molecule has 6 nitrogen and oxygen atoms in total. The van der Waals surface area contributed by atoms with Crippen molar-refractivity contribution in [3.8, 4) is 0 Å². The van der Waals surface area contributed by atoms with E-state index < -0.39 is 35.3 Å². The average Bonchev–Trinajstić information content (AvgIpc) is 2.80. The number of nitrogens with zero attached hydrogens (tertiary/aromatic N) is 1. The highest BCUT2D eigenvalue weighted by Crippen LogP contribution is 2.33. The summed E-state index contributed by atoms with van der Waals surface area (Å²) < 4.78 is 47.7. The summed E-state index contributed by atoms with van der Waals surface area (Å²) in [6.07, 6.45) is -0.248. The van der Waals surface area contributed by atoms with Crippen molar-refractivity contribution in [3.05, 3.63) is 24.3 Å². The maximum Gasteiger partial charge on any atom is 0.237 e. The fraction of sp³-hybridized carbons (Fsp3) is 0.462. The van der Waals surface area contributed by atoms with Crippen LogP contribution in [-0.2, 0) is 23.7 Å². The first-order chi connectivity index (χ1) is 10.0. The van der Waals surface area contributed by atoms with Crippen LogP contribution in [0.3, 0.4) is 0 Å². The van der Waals surface area contributed by atoms with Crippen LogP contribution < -0.4 is 4.90 Å². The molecule has 0 bridgehead atoms.